The van der Waals surface area contributed by atoms with E-state index < -0.39 is 10.0 Å². The summed E-state index contributed by atoms with van der Waals surface area (Å²) in [6.07, 6.45) is 0.396. The molecule has 0 amide bonds. The standard InChI is InChI=1S/C15H25NO3S/c1-11-6-7-13(10-12(11)2)20(18,19)16-14(8-9-17)15(3,4)5/h6-7,10,14,16-17H,8-9H2,1-5H3. The lowest BCUT2D eigenvalue weighted by molar-refractivity contribution is 0.214. The SMILES string of the molecule is Cc1ccc(S(=O)(=O)NC(CCO)C(C)(C)C)cc1C. The lowest BCUT2D eigenvalue weighted by Gasteiger charge is -2.30. The van der Waals surface area contributed by atoms with Crippen molar-refractivity contribution in [3.63, 3.8) is 0 Å². The molecular formula is C15H25NO3S. The smallest absolute Gasteiger partial charge is 0.240 e. The van der Waals surface area contributed by atoms with Gasteiger partial charge < -0.3 is 5.11 Å². The van der Waals surface area contributed by atoms with E-state index in [-0.39, 0.29) is 23.0 Å². The summed E-state index contributed by atoms with van der Waals surface area (Å²) in [4.78, 5) is 0.271. The van der Waals surface area contributed by atoms with Crippen LogP contribution in [0.5, 0.6) is 0 Å². The van der Waals surface area contributed by atoms with E-state index in [1.807, 2.05) is 40.7 Å². The van der Waals surface area contributed by atoms with Gasteiger partial charge in [-0.05, 0) is 48.9 Å². The minimum Gasteiger partial charge on any atom is -0.396 e. The highest BCUT2D eigenvalue weighted by Crippen LogP contribution is 2.24. The average molecular weight is 299 g/mol. The minimum absolute atomic E-state index is 0.0443. The van der Waals surface area contributed by atoms with Gasteiger partial charge in [-0.2, -0.15) is 0 Å². The van der Waals surface area contributed by atoms with Gasteiger partial charge in [-0.25, -0.2) is 13.1 Å². The Morgan fingerprint density at radius 2 is 1.80 bits per heavy atom. The molecule has 0 fully saturated rings. The number of benzene rings is 1. The summed E-state index contributed by atoms with van der Waals surface area (Å²) in [7, 11) is -3.57. The first-order valence-corrected chi connectivity index (χ1v) is 8.26. The van der Waals surface area contributed by atoms with Gasteiger partial charge in [0.25, 0.3) is 0 Å². The average Bonchev–Trinajstić information content (AvgIpc) is 2.30. The highest BCUT2D eigenvalue weighted by Gasteiger charge is 2.29. The molecule has 0 aliphatic rings. The Kier molecular flexibility index (Phi) is 5.35. The van der Waals surface area contributed by atoms with Crippen LogP contribution in [0, 0.1) is 19.3 Å². The highest BCUT2D eigenvalue weighted by molar-refractivity contribution is 7.89. The molecule has 1 aromatic carbocycles. The van der Waals surface area contributed by atoms with Crippen molar-refractivity contribution in [2.75, 3.05) is 6.61 Å². The maximum Gasteiger partial charge on any atom is 0.240 e. The molecule has 0 spiro atoms. The summed E-state index contributed by atoms with van der Waals surface area (Å²) in [5, 5.41) is 9.11. The molecule has 1 aromatic rings. The van der Waals surface area contributed by atoms with Crippen LogP contribution < -0.4 is 4.72 Å². The van der Waals surface area contributed by atoms with Crippen LogP contribution in [0.1, 0.15) is 38.3 Å². The molecule has 1 atom stereocenters. The molecule has 0 aliphatic carbocycles. The Balaban J connectivity index is 3.06. The molecule has 1 rings (SSSR count). The lowest BCUT2D eigenvalue weighted by atomic mass is 9.86. The molecule has 0 aromatic heterocycles. The van der Waals surface area contributed by atoms with Gasteiger partial charge in [0.15, 0.2) is 0 Å². The largest absolute Gasteiger partial charge is 0.396 e. The Morgan fingerprint density at radius 3 is 2.25 bits per heavy atom. The molecule has 0 heterocycles. The van der Waals surface area contributed by atoms with Gasteiger partial charge in [-0.15, -0.1) is 0 Å². The summed E-state index contributed by atoms with van der Waals surface area (Å²) in [6.45, 7) is 9.66. The first kappa shape index (κ1) is 17.1. The van der Waals surface area contributed by atoms with Crippen LogP contribution in [0.3, 0.4) is 0 Å². The van der Waals surface area contributed by atoms with Crippen molar-refractivity contribution < 1.29 is 13.5 Å². The van der Waals surface area contributed by atoms with Crippen molar-refractivity contribution in [1.29, 1.82) is 0 Å². The van der Waals surface area contributed by atoms with E-state index in [4.69, 9.17) is 5.11 Å². The maximum absolute atomic E-state index is 12.4. The molecule has 4 nitrogen and oxygen atoms in total. The molecule has 20 heavy (non-hydrogen) atoms. The predicted molar refractivity (Wildman–Crippen MR) is 81.2 cm³/mol. The Labute approximate surface area is 122 Å². The van der Waals surface area contributed by atoms with E-state index in [2.05, 4.69) is 4.72 Å². The molecule has 114 valence electrons. The lowest BCUT2D eigenvalue weighted by Crippen LogP contribution is -2.44. The van der Waals surface area contributed by atoms with Gasteiger partial charge in [-0.3, -0.25) is 0 Å². The topological polar surface area (TPSA) is 66.4 Å². The molecule has 0 saturated heterocycles. The third-order valence-electron chi connectivity index (χ3n) is 3.55. The minimum atomic E-state index is -3.57. The summed E-state index contributed by atoms with van der Waals surface area (Å²) in [5.74, 6) is 0. The molecule has 0 aliphatic heterocycles. The third-order valence-corrected chi connectivity index (χ3v) is 5.02. The number of hydrogen-bond acceptors (Lipinski definition) is 3. The van der Waals surface area contributed by atoms with E-state index in [1.165, 1.54) is 0 Å². The van der Waals surface area contributed by atoms with Crippen LogP contribution in [0.15, 0.2) is 23.1 Å². The fourth-order valence-corrected chi connectivity index (χ4v) is 3.50. The second-order valence-corrected chi connectivity index (χ2v) is 8.01. The number of aryl methyl sites for hydroxylation is 2. The number of aliphatic hydroxyl groups is 1. The van der Waals surface area contributed by atoms with E-state index >= 15 is 0 Å². The van der Waals surface area contributed by atoms with Crippen LogP contribution in [-0.4, -0.2) is 26.2 Å². The molecule has 0 radical (unpaired) electrons. The first-order valence-electron chi connectivity index (χ1n) is 6.78. The van der Waals surface area contributed by atoms with Crippen molar-refractivity contribution in [3.8, 4) is 0 Å². The van der Waals surface area contributed by atoms with Gasteiger partial charge in [0.1, 0.15) is 0 Å². The number of hydrogen-bond donors (Lipinski definition) is 2. The Morgan fingerprint density at radius 1 is 1.20 bits per heavy atom. The predicted octanol–water partition coefficient (Wildman–Crippen LogP) is 2.38. The van der Waals surface area contributed by atoms with Crippen molar-refractivity contribution in [3.05, 3.63) is 29.3 Å². The number of rotatable bonds is 5. The Hall–Kier alpha value is -0.910. The highest BCUT2D eigenvalue weighted by atomic mass is 32.2. The van der Waals surface area contributed by atoms with Crippen LogP contribution in [0.25, 0.3) is 0 Å². The number of aliphatic hydroxyl groups excluding tert-OH is 1. The monoisotopic (exact) mass is 299 g/mol. The first-order chi connectivity index (χ1) is 9.08. The zero-order valence-corrected chi connectivity index (χ0v) is 13.7. The molecule has 0 bridgehead atoms. The molecule has 5 heteroatoms. The summed E-state index contributed by atoms with van der Waals surface area (Å²) < 4.78 is 27.6. The quantitative estimate of drug-likeness (QED) is 0.877. The van der Waals surface area contributed by atoms with Crippen molar-refractivity contribution in [1.82, 2.24) is 4.72 Å². The van der Waals surface area contributed by atoms with E-state index in [0.29, 0.717) is 6.42 Å². The second kappa shape index (κ2) is 6.24. The number of sulfonamides is 1. The zero-order chi connectivity index (χ0) is 15.6. The molecule has 0 saturated carbocycles. The fourth-order valence-electron chi connectivity index (χ4n) is 1.93. The van der Waals surface area contributed by atoms with E-state index in [1.54, 1.807) is 12.1 Å². The maximum atomic E-state index is 12.4. The third kappa shape index (κ3) is 4.30. The second-order valence-electron chi connectivity index (χ2n) is 6.30. The molecule has 2 N–H and O–H groups in total. The van der Waals surface area contributed by atoms with Gasteiger partial charge in [0.05, 0.1) is 4.90 Å². The van der Waals surface area contributed by atoms with Crippen LogP contribution >= 0.6 is 0 Å². The summed E-state index contributed by atoms with van der Waals surface area (Å²) in [5.41, 5.74) is 1.75. The van der Waals surface area contributed by atoms with Crippen molar-refractivity contribution in [2.24, 2.45) is 5.41 Å². The van der Waals surface area contributed by atoms with E-state index in [9.17, 15) is 8.42 Å². The van der Waals surface area contributed by atoms with Crippen LogP contribution in [0.4, 0.5) is 0 Å². The van der Waals surface area contributed by atoms with Gasteiger partial charge in [-0.1, -0.05) is 26.8 Å². The van der Waals surface area contributed by atoms with Gasteiger partial charge in [0.2, 0.25) is 10.0 Å². The van der Waals surface area contributed by atoms with Gasteiger partial charge >= 0.3 is 0 Å². The molecule has 1 unspecified atom stereocenters. The van der Waals surface area contributed by atoms with Crippen LogP contribution in [-0.2, 0) is 10.0 Å². The van der Waals surface area contributed by atoms with Gasteiger partial charge in [0, 0.05) is 12.6 Å². The zero-order valence-electron chi connectivity index (χ0n) is 12.9. The van der Waals surface area contributed by atoms with E-state index in [0.717, 1.165) is 11.1 Å². The van der Waals surface area contributed by atoms with Crippen LogP contribution in [0.2, 0.25) is 0 Å². The summed E-state index contributed by atoms with van der Waals surface area (Å²) >= 11 is 0. The normalized spacial score (nSPS) is 14.3. The fraction of sp³-hybridized carbons (Fsp3) is 0.600. The van der Waals surface area contributed by atoms with Crippen molar-refractivity contribution >= 4 is 10.0 Å². The molecular weight excluding hydrogens is 274 g/mol. The number of nitrogens with one attached hydrogen (secondary N) is 1. The summed E-state index contributed by atoms with van der Waals surface area (Å²) in [6, 6.07) is 4.79. The van der Waals surface area contributed by atoms with Crippen molar-refractivity contribution in [2.45, 2.75) is 52.0 Å². The Bertz CT molecular complexity index is 559.